The van der Waals surface area contributed by atoms with Gasteiger partial charge in [0.2, 0.25) is 15.9 Å². The first-order valence-electron chi connectivity index (χ1n) is 7.12. The molecule has 0 saturated carbocycles. The minimum Gasteiger partial charge on any atom is -0.326 e. The molecule has 1 atom stereocenters. The summed E-state index contributed by atoms with van der Waals surface area (Å²) in [6, 6.07) is 9.16. The van der Waals surface area contributed by atoms with Gasteiger partial charge >= 0.3 is 0 Å². The Bertz CT molecular complexity index is 677. The van der Waals surface area contributed by atoms with Crippen LogP contribution in [-0.4, -0.2) is 38.0 Å². The SMILES string of the molecule is CS(=O)(=O)N1CCCC(C(=O)Nc2ccc(CC#N)cc2)C1. The molecule has 1 heterocycles. The number of anilines is 1. The van der Waals surface area contributed by atoms with Gasteiger partial charge in [0.15, 0.2) is 0 Å². The van der Waals surface area contributed by atoms with Gasteiger partial charge in [-0.15, -0.1) is 0 Å². The molecule has 1 unspecified atom stereocenters. The molecule has 118 valence electrons. The molecule has 6 nitrogen and oxygen atoms in total. The molecule has 0 aliphatic carbocycles. The van der Waals surface area contributed by atoms with Crippen LogP contribution in [0.2, 0.25) is 0 Å². The zero-order chi connectivity index (χ0) is 16.2. The van der Waals surface area contributed by atoms with Crippen LogP contribution in [-0.2, 0) is 21.2 Å². The van der Waals surface area contributed by atoms with Gasteiger partial charge in [-0.3, -0.25) is 4.79 Å². The molecule has 1 amide bonds. The molecule has 7 heteroatoms. The van der Waals surface area contributed by atoms with Gasteiger partial charge in [-0.05, 0) is 30.5 Å². The Kier molecular flexibility index (Phi) is 5.16. The fourth-order valence-electron chi connectivity index (χ4n) is 2.50. The van der Waals surface area contributed by atoms with Crippen molar-refractivity contribution in [1.29, 1.82) is 5.26 Å². The first-order chi connectivity index (χ1) is 10.4. The molecule has 0 spiro atoms. The van der Waals surface area contributed by atoms with Crippen LogP contribution < -0.4 is 5.32 Å². The van der Waals surface area contributed by atoms with Gasteiger partial charge in [-0.1, -0.05) is 12.1 Å². The number of nitrogens with zero attached hydrogens (tertiary/aromatic N) is 2. The smallest absolute Gasteiger partial charge is 0.228 e. The van der Waals surface area contributed by atoms with Crippen LogP contribution in [0.5, 0.6) is 0 Å². The number of hydrogen-bond donors (Lipinski definition) is 1. The van der Waals surface area contributed by atoms with Crippen molar-refractivity contribution in [2.75, 3.05) is 24.7 Å². The van der Waals surface area contributed by atoms with E-state index in [0.717, 1.165) is 5.56 Å². The van der Waals surface area contributed by atoms with Crippen molar-refractivity contribution >= 4 is 21.6 Å². The van der Waals surface area contributed by atoms with Crippen LogP contribution in [0.1, 0.15) is 18.4 Å². The topological polar surface area (TPSA) is 90.3 Å². The zero-order valence-electron chi connectivity index (χ0n) is 12.4. The van der Waals surface area contributed by atoms with Crippen LogP contribution in [0, 0.1) is 17.2 Å². The van der Waals surface area contributed by atoms with E-state index in [1.165, 1.54) is 10.6 Å². The third-order valence-corrected chi connectivity index (χ3v) is 5.00. The Morgan fingerprint density at radius 3 is 2.68 bits per heavy atom. The highest BCUT2D eigenvalue weighted by atomic mass is 32.2. The minimum absolute atomic E-state index is 0.165. The van der Waals surface area contributed by atoms with Crippen LogP contribution in [0.25, 0.3) is 0 Å². The maximum Gasteiger partial charge on any atom is 0.228 e. The average Bonchev–Trinajstić information content (AvgIpc) is 2.49. The number of rotatable bonds is 4. The van der Waals surface area contributed by atoms with Crippen molar-refractivity contribution in [2.24, 2.45) is 5.92 Å². The lowest BCUT2D eigenvalue weighted by molar-refractivity contribution is -0.120. The van der Waals surface area contributed by atoms with Gasteiger partial charge < -0.3 is 5.32 Å². The quantitative estimate of drug-likeness (QED) is 0.906. The molecule has 0 bridgehead atoms. The predicted octanol–water partition coefficient (Wildman–Crippen LogP) is 1.36. The second kappa shape index (κ2) is 6.90. The molecule has 22 heavy (non-hydrogen) atoms. The van der Waals surface area contributed by atoms with Gasteiger partial charge in [0.25, 0.3) is 0 Å². The summed E-state index contributed by atoms with van der Waals surface area (Å²) in [5.41, 5.74) is 1.55. The molecule has 1 fully saturated rings. The van der Waals surface area contributed by atoms with E-state index in [1.807, 2.05) is 0 Å². The van der Waals surface area contributed by atoms with E-state index in [9.17, 15) is 13.2 Å². The number of hydrogen-bond acceptors (Lipinski definition) is 4. The van der Waals surface area contributed by atoms with E-state index in [4.69, 9.17) is 5.26 Å². The largest absolute Gasteiger partial charge is 0.326 e. The number of sulfonamides is 1. The summed E-state index contributed by atoms with van der Waals surface area (Å²) in [7, 11) is -3.25. The number of nitrogens with one attached hydrogen (secondary N) is 1. The molecule has 0 radical (unpaired) electrons. The zero-order valence-corrected chi connectivity index (χ0v) is 13.3. The Hall–Kier alpha value is -1.91. The van der Waals surface area contributed by atoms with E-state index >= 15 is 0 Å². The maximum absolute atomic E-state index is 12.3. The fourth-order valence-corrected chi connectivity index (χ4v) is 3.41. The Morgan fingerprint density at radius 1 is 1.41 bits per heavy atom. The van der Waals surface area contributed by atoms with Crippen LogP contribution in [0.4, 0.5) is 5.69 Å². The van der Waals surface area contributed by atoms with Crippen molar-refractivity contribution in [1.82, 2.24) is 4.31 Å². The Balaban J connectivity index is 1.98. The van der Waals surface area contributed by atoms with Gasteiger partial charge in [0, 0.05) is 18.8 Å². The monoisotopic (exact) mass is 321 g/mol. The second-order valence-electron chi connectivity index (χ2n) is 5.48. The highest BCUT2D eigenvalue weighted by Crippen LogP contribution is 2.20. The summed E-state index contributed by atoms with van der Waals surface area (Å²) in [6.07, 6.45) is 2.87. The van der Waals surface area contributed by atoms with Crippen molar-refractivity contribution < 1.29 is 13.2 Å². The molecule has 1 aliphatic heterocycles. The van der Waals surface area contributed by atoms with E-state index in [0.29, 0.717) is 31.5 Å². The second-order valence-corrected chi connectivity index (χ2v) is 7.46. The van der Waals surface area contributed by atoms with Gasteiger partial charge in [0.1, 0.15) is 0 Å². The molecule has 1 N–H and O–H groups in total. The van der Waals surface area contributed by atoms with Crippen LogP contribution >= 0.6 is 0 Å². The van der Waals surface area contributed by atoms with Crippen molar-refractivity contribution in [3.63, 3.8) is 0 Å². The summed E-state index contributed by atoms with van der Waals surface area (Å²) in [6.45, 7) is 0.711. The number of carbonyl (C=O) groups excluding carboxylic acids is 1. The summed E-state index contributed by atoms with van der Waals surface area (Å²) in [4.78, 5) is 12.3. The van der Waals surface area contributed by atoms with E-state index in [-0.39, 0.29) is 18.4 Å². The lowest BCUT2D eigenvalue weighted by Gasteiger charge is -2.30. The molecule has 1 saturated heterocycles. The number of carbonyl (C=O) groups is 1. The Morgan fingerprint density at radius 2 is 2.09 bits per heavy atom. The third kappa shape index (κ3) is 4.29. The molecule has 1 aliphatic rings. The molecule has 1 aromatic rings. The fraction of sp³-hybridized carbons (Fsp3) is 0.467. The summed E-state index contributed by atoms with van der Waals surface area (Å²) in [5, 5.41) is 11.4. The first-order valence-corrected chi connectivity index (χ1v) is 8.97. The summed E-state index contributed by atoms with van der Waals surface area (Å²) in [5.74, 6) is -0.497. The summed E-state index contributed by atoms with van der Waals surface area (Å²) >= 11 is 0. The summed E-state index contributed by atoms with van der Waals surface area (Å²) < 4.78 is 24.5. The molecular formula is C15H19N3O3S. The minimum atomic E-state index is -3.25. The lowest BCUT2D eigenvalue weighted by Crippen LogP contribution is -2.43. The lowest BCUT2D eigenvalue weighted by atomic mass is 9.98. The molecule has 1 aromatic carbocycles. The molecular weight excluding hydrogens is 302 g/mol. The number of nitriles is 1. The van der Waals surface area contributed by atoms with Crippen LogP contribution in [0.3, 0.4) is 0 Å². The molecule has 0 aromatic heterocycles. The maximum atomic E-state index is 12.3. The number of benzene rings is 1. The highest BCUT2D eigenvalue weighted by Gasteiger charge is 2.30. The van der Waals surface area contributed by atoms with E-state index < -0.39 is 10.0 Å². The normalized spacial score (nSPS) is 19.4. The van der Waals surface area contributed by atoms with Gasteiger partial charge in [-0.2, -0.15) is 5.26 Å². The van der Waals surface area contributed by atoms with Gasteiger partial charge in [-0.25, -0.2) is 12.7 Å². The van der Waals surface area contributed by atoms with Crippen molar-refractivity contribution in [3.05, 3.63) is 29.8 Å². The van der Waals surface area contributed by atoms with Crippen molar-refractivity contribution in [3.8, 4) is 6.07 Å². The Labute approximate surface area is 130 Å². The molecule has 2 rings (SSSR count). The standard InChI is InChI=1S/C15H19N3O3S/c1-22(20,21)18-10-2-3-13(11-18)15(19)17-14-6-4-12(5-7-14)8-9-16/h4-7,13H,2-3,8,10-11H2,1H3,(H,17,19). The average molecular weight is 321 g/mol. The van der Waals surface area contributed by atoms with E-state index in [2.05, 4.69) is 11.4 Å². The predicted molar refractivity (Wildman–Crippen MR) is 83.5 cm³/mol. The third-order valence-electron chi connectivity index (χ3n) is 3.73. The van der Waals surface area contributed by atoms with Crippen molar-refractivity contribution in [2.45, 2.75) is 19.3 Å². The van der Waals surface area contributed by atoms with Crippen LogP contribution in [0.15, 0.2) is 24.3 Å². The van der Waals surface area contributed by atoms with Gasteiger partial charge in [0.05, 0.1) is 24.7 Å². The number of amides is 1. The number of piperidine rings is 1. The highest BCUT2D eigenvalue weighted by molar-refractivity contribution is 7.88. The van der Waals surface area contributed by atoms with E-state index in [1.54, 1.807) is 24.3 Å². The first kappa shape index (κ1) is 16.5.